The molecule has 94 valence electrons. The Kier molecular flexibility index (Phi) is 4.40. The fourth-order valence-electron chi connectivity index (χ4n) is 2.10. The fraction of sp³-hybridized carbons (Fsp3) is 0.667. The first-order valence-electron chi connectivity index (χ1n) is 6.00. The third kappa shape index (κ3) is 3.19. The van der Waals surface area contributed by atoms with Gasteiger partial charge in [-0.25, -0.2) is 4.98 Å². The maximum atomic E-state index is 11.7. The van der Waals surface area contributed by atoms with Crippen molar-refractivity contribution in [1.82, 2.24) is 9.88 Å². The van der Waals surface area contributed by atoms with E-state index >= 15 is 0 Å². The van der Waals surface area contributed by atoms with Gasteiger partial charge < -0.3 is 4.90 Å². The van der Waals surface area contributed by atoms with Crippen LogP contribution < -0.4 is 0 Å². The van der Waals surface area contributed by atoms with E-state index < -0.39 is 0 Å². The molecule has 17 heavy (non-hydrogen) atoms. The normalized spacial score (nSPS) is 20.2. The first-order valence-corrected chi connectivity index (χ1v) is 7.41. The van der Waals surface area contributed by atoms with Crippen LogP contribution in [0.2, 0.25) is 0 Å². The average molecular weight is 273 g/mol. The fourth-order valence-corrected chi connectivity index (χ4v) is 3.11. The molecule has 0 saturated carbocycles. The number of hydrogen-bond donors (Lipinski definition) is 0. The van der Waals surface area contributed by atoms with Crippen LogP contribution in [0.25, 0.3) is 0 Å². The molecule has 0 spiro atoms. The van der Waals surface area contributed by atoms with Gasteiger partial charge in [-0.1, -0.05) is 13.3 Å². The average Bonchev–Trinajstić information content (AvgIpc) is 2.93. The third-order valence-electron chi connectivity index (χ3n) is 3.20. The van der Waals surface area contributed by atoms with Crippen molar-refractivity contribution in [2.75, 3.05) is 13.1 Å². The van der Waals surface area contributed by atoms with Crippen molar-refractivity contribution in [1.29, 1.82) is 0 Å². The number of alkyl halides is 1. The predicted octanol–water partition coefficient (Wildman–Crippen LogP) is 2.68. The highest BCUT2D eigenvalue weighted by Gasteiger charge is 2.27. The predicted molar refractivity (Wildman–Crippen MR) is 70.4 cm³/mol. The number of aromatic nitrogens is 1. The number of halogens is 1. The molecule has 0 bridgehead atoms. The maximum absolute atomic E-state index is 11.7. The molecular weight excluding hydrogens is 256 g/mol. The van der Waals surface area contributed by atoms with E-state index in [1.54, 1.807) is 11.3 Å². The minimum atomic E-state index is 0.297. The van der Waals surface area contributed by atoms with Gasteiger partial charge in [0.25, 0.3) is 0 Å². The molecule has 1 aliphatic heterocycles. The first-order chi connectivity index (χ1) is 8.22. The van der Waals surface area contributed by atoms with Gasteiger partial charge in [0.1, 0.15) is 0 Å². The molecule has 1 unspecified atom stereocenters. The lowest BCUT2D eigenvalue weighted by atomic mass is 10.1. The smallest absolute Gasteiger partial charge is 0.222 e. The van der Waals surface area contributed by atoms with E-state index in [9.17, 15) is 4.79 Å². The Morgan fingerprint density at radius 1 is 1.65 bits per heavy atom. The van der Waals surface area contributed by atoms with Gasteiger partial charge in [0, 0.05) is 31.3 Å². The lowest BCUT2D eigenvalue weighted by Crippen LogP contribution is -2.27. The molecule has 0 aliphatic carbocycles. The lowest BCUT2D eigenvalue weighted by molar-refractivity contribution is -0.127. The highest BCUT2D eigenvalue weighted by Crippen LogP contribution is 2.21. The minimum absolute atomic E-state index is 0.297. The molecule has 1 atom stereocenters. The summed E-state index contributed by atoms with van der Waals surface area (Å²) < 4.78 is 0. The van der Waals surface area contributed by atoms with Crippen LogP contribution in [0.4, 0.5) is 0 Å². The SMILES string of the molecule is CCC1CC(=O)N(CCc2nc(CCl)cs2)C1. The second-order valence-electron chi connectivity index (χ2n) is 4.43. The van der Waals surface area contributed by atoms with Crippen molar-refractivity contribution in [2.45, 2.75) is 32.1 Å². The number of carbonyl (C=O) groups excluding carboxylic acids is 1. The van der Waals surface area contributed by atoms with Gasteiger partial charge in [-0.15, -0.1) is 22.9 Å². The van der Waals surface area contributed by atoms with E-state index in [2.05, 4.69) is 11.9 Å². The maximum Gasteiger partial charge on any atom is 0.222 e. The van der Waals surface area contributed by atoms with E-state index in [0.29, 0.717) is 17.7 Å². The summed E-state index contributed by atoms with van der Waals surface area (Å²) in [4.78, 5) is 18.1. The van der Waals surface area contributed by atoms with Crippen molar-refractivity contribution >= 4 is 28.8 Å². The number of likely N-dealkylation sites (tertiary alicyclic amines) is 1. The summed E-state index contributed by atoms with van der Waals surface area (Å²) in [6.07, 6.45) is 2.67. The zero-order valence-electron chi connectivity index (χ0n) is 9.99. The third-order valence-corrected chi connectivity index (χ3v) is 4.43. The van der Waals surface area contributed by atoms with Gasteiger partial charge in [-0.05, 0) is 5.92 Å². The van der Waals surface area contributed by atoms with Crippen molar-refractivity contribution in [2.24, 2.45) is 5.92 Å². The van der Waals surface area contributed by atoms with Gasteiger partial charge in [0.2, 0.25) is 5.91 Å². The summed E-state index contributed by atoms with van der Waals surface area (Å²) in [7, 11) is 0. The van der Waals surface area contributed by atoms with Crippen LogP contribution in [-0.2, 0) is 17.1 Å². The topological polar surface area (TPSA) is 33.2 Å². The van der Waals surface area contributed by atoms with E-state index in [1.807, 2.05) is 10.3 Å². The van der Waals surface area contributed by atoms with Crippen LogP contribution in [0, 0.1) is 5.92 Å². The molecule has 5 heteroatoms. The summed E-state index contributed by atoms with van der Waals surface area (Å²) in [5.74, 6) is 1.32. The lowest BCUT2D eigenvalue weighted by Gasteiger charge is -2.15. The monoisotopic (exact) mass is 272 g/mol. The molecule has 2 heterocycles. The summed E-state index contributed by atoms with van der Waals surface area (Å²) >= 11 is 7.34. The van der Waals surface area contributed by atoms with Crippen molar-refractivity contribution in [3.05, 3.63) is 16.1 Å². The van der Waals surface area contributed by atoms with Crippen LogP contribution >= 0.6 is 22.9 Å². The molecule has 2 rings (SSSR count). The van der Waals surface area contributed by atoms with Gasteiger partial charge in [-0.2, -0.15) is 0 Å². The van der Waals surface area contributed by atoms with Crippen molar-refractivity contribution < 1.29 is 4.79 Å². The zero-order chi connectivity index (χ0) is 12.3. The van der Waals surface area contributed by atoms with Crippen LogP contribution in [0.15, 0.2) is 5.38 Å². The molecule has 1 aromatic heterocycles. The number of amides is 1. The van der Waals surface area contributed by atoms with E-state index in [4.69, 9.17) is 11.6 Å². The van der Waals surface area contributed by atoms with E-state index in [0.717, 1.165) is 43.1 Å². The molecule has 1 aliphatic rings. The Morgan fingerprint density at radius 3 is 3.06 bits per heavy atom. The summed E-state index contributed by atoms with van der Waals surface area (Å²) in [5, 5.41) is 3.07. The summed E-state index contributed by atoms with van der Waals surface area (Å²) in [6, 6.07) is 0. The molecule has 0 N–H and O–H groups in total. The number of rotatable bonds is 5. The largest absolute Gasteiger partial charge is 0.342 e. The second kappa shape index (κ2) is 5.83. The molecule has 0 aromatic carbocycles. The highest BCUT2D eigenvalue weighted by molar-refractivity contribution is 7.09. The number of carbonyl (C=O) groups is 1. The Balaban J connectivity index is 1.84. The van der Waals surface area contributed by atoms with E-state index in [-0.39, 0.29) is 0 Å². The Labute approximate surface area is 111 Å². The molecule has 1 amide bonds. The van der Waals surface area contributed by atoms with Gasteiger partial charge in [0.05, 0.1) is 16.6 Å². The Morgan fingerprint density at radius 2 is 2.47 bits per heavy atom. The molecule has 1 aromatic rings. The number of hydrogen-bond acceptors (Lipinski definition) is 3. The van der Waals surface area contributed by atoms with Crippen LogP contribution in [0.3, 0.4) is 0 Å². The quantitative estimate of drug-likeness (QED) is 0.772. The molecular formula is C12H17ClN2OS. The van der Waals surface area contributed by atoms with Gasteiger partial charge in [-0.3, -0.25) is 4.79 Å². The standard InChI is InChI=1S/C12H17ClN2OS/c1-2-9-5-12(16)15(7-9)4-3-11-14-10(6-13)8-17-11/h8-9H,2-7H2,1H3. The van der Waals surface area contributed by atoms with Gasteiger partial charge in [0.15, 0.2) is 0 Å². The van der Waals surface area contributed by atoms with Crippen LogP contribution in [0.1, 0.15) is 30.5 Å². The van der Waals surface area contributed by atoms with Crippen molar-refractivity contribution in [3.63, 3.8) is 0 Å². The zero-order valence-corrected chi connectivity index (χ0v) is 11.6. The summed E-state index contributed by atoms with van der Waals surface area (Å²) in [5.41, 5.74) is 0.936. The number of nitrogens with zero attached hydrogens (tertiary/aromatic N) is 2. The second-order valence-corrected chi connectivity index (χ2v) is 5.64. The molecule has 0 radical (unpaired) electrons. The minimum Gasteiger partial charge on any atom is -0.342 e. The van der Waals surface area contributed by atoms with Gasteiger partial charge >= 0.3 is 0 Å². The first kappa shape index (κ1) is 12.8. The Bertz CT molecular complexity index is 394. The Hall–Kier alpha value is -0.610. The molecule has 1 saturated heterocycles. The van der Waals surface area contributed by atoms with Crippen LogP contribution in [-0.4, -0.2) is 28.9 Å². The van der Waals surface area contributed by atoms with Crippen LogP contribution in [0.5, 0.6) is 0 Å². The molecule has 1 fully saturated rings. The number of thiazole rings is 1. The van der Waals surface area contributed by atoms with E-state index in [1.165, 1.54) is 0 Å². The highest BCUT2D eigenvalue weighted by atomic mass is 35.5. The molecule has 3 nitrogen and oxygen atoms in total. The van der Waals surface area contributed by atoms with Crippen molar-refractivity contribution in [3.8, 4) is 0 Å². The summed E-state index contributed by atoms with van der Waals surface area (Å²) in [6.45, 7) is 3.86.